The van der Waals surface area contributed by atoms with E-state index in [4.69, 9.17) is 33.6 Å². The first-order chi connectivity index (χ1) is 49.9. The van der Waals surface area contributed by atoms with Gasteiger partial charge in [-0.15, -0.1) is 4.33 Å². The number of carbonyl (C=O) groups is 2. The molecule has 4 aliphatic heterocycles. The zero-order valence-electron chi connectivity index (χ0n) is 53.8. The van der Waals surface area contributed by atoms with Crippen molar-refractivity contribution in [2.24, 2.45) is 0 Å². The van der Waals surface area contributed by atoms with Gasteiger partial charge in [-0.1, -0.05) is 41.4 Å². The van der Waals surface area contributed by atoms with Crippen molar-refractivity contribution >= 4 is 115 Å². The fourth-order valence-electron chi connectivity index (χ4n) is 13.0. The number of aromatic nitrogens is 2. The molecule has 0 saturated carbocycles. The van der Waals surface area contributed by atoms with Crippen LogP contribution in [0.1, 0.15) is 74.6 Å². The minimum Gasteiger partial charge on any atom is -0.455 e. The maximum Gasteiger partial charge on any atom is 0.294 e. The molecule has 2 atom stereocenters. The number of hydrogen-bond acceptors (Lipinski definition) is 26. The van der Waals surface area contributed by atoms with Gasteiger partial charge in [0.1, 0.15) is 18.0 Å². The van der Waals surface area contributed by atoms with Gasteiger partial charge >= 0.3 is 173 Å². The van der Waals surface area contributed by atoms with Crippen molar-refractivity contribution in [3.63, 3.8) is 0 Å². The van der Waals surface area contributed by atoms with E-state index in [0.29, 0.717) is 85.9 Å². The van der Waals surface area contributed by atoms with Gasteiger partial charge in [0.15, 0.2) is 6.54 Å². The van der Waals surface area contributed by atoms with Crippen molar-refractivity contribution in [3.8, 4) is 23.3 Å². The number of amides is 2. The van der Waals surface area contributed by atoms with Gasteiger partial charge in [-0.2, -0.15) is 16.8 Å². The molecule has 13 rings (SSSR count). The molecule has 542 valence electrons. The number of hydrogen-bond donors (Lipinski definition) is 8. The molecule has 0 unspecified atom stereocenters. The second kappa shape index (κ2) is 29.8. The molecule has 9 aromatic rings. The third-order valence-corrected chi connectivity index (χ3v) is 30.0. The molecule has 2 amide bonds. The average molecular weight is 1540 g/mol. The van der Waals surface area contributed by atoms with Crippen molar-refractivity contribution in [1.82, 2.24) is 24.8 Å². The second-order valence-corrected chi connectivity index (χ2v) is 37.9. The number of ether oxygens (including phenoxy) is 3. The van der Waals surface area contributed by atoms with Crippen molar-refractivity contribution in [2.45, 2.75) is 72.2 Å². The van der Waals surface area contributed by atoms with Crippen molar-refractivity contribution in [1.29, 1.82) is 0 Å². The fraction of sp³-hybridized carbons (Fsp3) is 0.227. The molecular formula is C66H60N6O26P3S3+. The largest absolute Gasteiger partial charge is 0.455 e. The van der Waals surface area contributed by atoms with Crippen LogP contribution in [0.25, 0.3) is 38.4 Å². The summed E-state index contributed by atoms with van der Waals surface area (Å²) in [5.41, 5.74) is 4.74. The van der Waals surface area contributed by atoms with Crippen molar-refractivity contribution < 1.29 is 113 Å². The summed E-state index contributed by atoms with van der Waals surface area (Å²) in [6, 6.07) is 33.9. The van der Waals surface area contributed by atoms with Crippen molar-refractivity contribution in [2.75, 3.05) is 44.4 Å². The number of nitrogens with one attached hydrogen (secondary N) is 3. The molecule has 4 aliphatic rings. The Bertz CT molecular complexity index is 5730. The molecule has 38 heteroatoms. The van der Waals surface area contributed by atoms with E-state index in [1.54, 1.807) is 54.6 Å². The number of fused-ring (bicyclic) bond motifs is 13. The Labute approximate surface area is 593 Å². The van der Waals surface area contributed by atoms with Gasteiger partial charge in [0.25, 0.3) is 32.1 Å². The maximum absolute atomic E-state index is 13.7. The summed E-state index contributed by atoms with van der Waals surface area (Å²) < 4.78 is 156. The van der Waals surface area contributed by atoms with E-state index >= 15 is 0 Å². The van der Waals surface area contributed by atoms with Crippen LogP contribution in [0.2, 0.25) is 0 Å². The van der Waals surface area contributed by atoms with Crippen LogP contribution in [0, 0.1) is 11.8 Å². The monoisotopic (exact) mass is 1540 g/mol. The molecule has 1 aromatic heterocycles. The van der Waals surface area contributed by atoms with E-state index in [9.17, 15) is 68.6 Å². The standard InChI is InChI=1S/C66H57N6O26P3S3.H2/c73-63(67-24-28-90-27-2-1-3-43-36-72(66(76)69-65(43)75)58-21-15-46(92-58)37-91-101(96-79,97-94-77,99(80)81)100(82)83)40-8-4-38(5-9-40)34-68-64(74)41-10-13-45(14-11-41)71-26-23-52-60(71)54-31-44-29-47(102-98-95-78)16-12-42(44)30-53(54)57-33-56-50-20-19-49(104(87,88)89)32-55(50)59-51(61(56)93-62(52)57)22-25-70(59)35-39-6-17-48(18-7-39)103(84,85)86;/h4-14,16-20,29-33,36,46,58H,3,15,21-28,34-35,37H2,(H7-,67,68,69,73,74,75,76,77,78,79,84,85,86,87,88,89);1H/p+1/t46-,58+;/m0./s1. The Kier molecular flexibility index (Phi) is 21.0. The third kappa shape index (κ3) is 14.4. The number of rotatable bonds is 26. The second-order valence-electron chi connectivity index (χ2n) is 24.1. The number of carbonyl (C=O) groups excluding carboxylic acids is 2. The normalized spacial score (nSPS) is 15.8. The van der Waals surface area contributed by atoms with Gasteiger partial charge in [0.05, 0.1) is 45.1 Å². The summed E-state index contributed by atoms with van der Waals surface area (Å²) >= 11 is 0.824. The molecule has 1 saturated heterocycles. The van der Waals surface area contributed by atoms with Crippen LogP contribution in [0.15, 0.2) is 152 Å². The van der Waals surface area contributed by atoms with E-state index in [2.05, 4.69) is 70.0 Å². The van der Waals surface area contributed by atoms with Crippen molar-refractivity contribution in [3.05, 3.63) is 203 Å². The van der Waals surface area contributed by atoms with Crippen LogP contribution in [0.3, 0.4) is 0 Å². The van der Waals surface area contributed by atoms with E-state index in [-0.39, 0.29) is 74.8 Å². The zero-order valence-corrected chi connectivity index (χ0v) is 58.9. The van der Waals surface area contributed by atoms with E-state index in [0.717, 1.165) is 66.2 Å². The smallest absolute Gasteiger partial charge is 0.294 e. The number of nitrogens with zero attached hydrogens (tertiary/aromatic N) is 3. The SMILES string of the molecule is O=C(NCCOCC#CCc1cn([C@H]2CC[C@@H](COP(OO)(OOO)(P(=O)=O)P(=O)=O)O2)c(=O)[nH]c1=O)c1ccc(CNC(=O)c2ccc(N3CCc4c5c(c6cc7ccc(SOOO)cc7cc6c43)C=c3c(c4c(c6cc(S(=O)(=O)O)ccc36)=[N+](Cc3ccc(S(=O)(=O)O)cc3)CC4)O5)cc2)cc1.[HH]. The summed E-state index contributed by atoms with van der Waals surface area (Å²) in [5, 5.41) is 45.7. The molecule has 0 aliphatic carbocycles. The molecule has 104 heavy (non-hydrogen) atoms. The first kappa shape index (κ1) is 73.3. The predicted molar refractivity (Wildman–Crippen MR) is 372 cm³/mol. The molecule has 32 nitrogen and oxygen atoms in total. The molecule has 0 radical (unpaired) electrons. The van der Waals surface area contributed by atoms with Crippen LogP contribution in [0.5, 0.6) is 11.5 Å². The Balaban J connectivity index is 0.0000104. The first-order valence-corrected chi connectivity index (χ1v) is 40.8. The van der Waals surface area contributed by atoms with Gasteiger partial charge in [-0.3, -0.25) is 18.7 Å². The number of benzene rings is 8. The van der Waals surface area contributed by atoms with Crippen LogP contribution < -0.4 is 46.7 Å². The fourth-order valence-corrected chi connectivity index (χ4v) is 18.9. The quantitative estimate of drug-likeness (QED) is 0.00288. The third-order valence-electron chi connectivity index (χ3n) is 18.0. The minimum atomic E-state index is -6.55. The summed E-state index contributed by atoms with van der Waals surface area (Å²) in [6.07, 6.45) is 2.10. The molecular weight excluding hydrogens is 1480 g/mol. The minimum absolute atomic E-state index is 0. The van der Waals surface area contributed by atoms with E-state index in [1.807, 2.05) is 34.9 Å². The summed E-state index contributed by atoms with van der Waals surface area (Å²) in [6.45, 7) is -5.95. The first-order valence-electron chi connectivity index (χ1n) is 31.4. The van der Waals surface area contributed by atoms with Crippen LogP contribution in [-0.4, -0.2) is 109 Å². The molecule has 8 N–H and O–H groups in total. The van der Waals surface area contributed by atoms with Gasteiger partial charge in [0.2, 0.25) is 5.36 Å². The molecule has 8 aromatic carbocycles. The van der Waals surface area contributed by atoms with E-state index < -0.39 is 77.7 Å². The van der Waals surface area contributed by atoms with Crippen LogP contribution in [0.4, 0.5) is 11.4 Å². The summed E-state index contributed by atoms with van der Waals surface area (Å²) in [5.74, 6) is 5.97. The molecule has 5 heterocycles. The summed E-state index contributed by atoms with van der Waals surface area (Å²) in [4.78, 5) is 56.6. The molecule has 0 spiro atoms. The van der Waals surface area contributed by atoms with E-state index in [1.165, 1.54) is 30.5 Å². The predicted octanol–water partition coefficient (Wildman–Crippen LogP) is 9.04. The van der Waals surface area contributed by atoms with Crippen LogP contribution >= 0.6 is 33.4 Å². The van der Waals surface area contributed by atoms with Gasteiger partial charge in [-0.25, -0.2) is 9.83 Å². The molecule has 0 bridgehead atoms. The van der Waals surface area contributed by atoms with Gasteiger partial charge in [-0.05, 0) is 125 Å². The number of aromatic amines is 1. The Hall–Kier alpha value is -9.05. The summed E-state index contributed by atoms with van der Waals surface area (Å²) in [7, 11) is -17.9. The Morgan fingerprint density at radius 3 is 2.15 bits per heavy atom. The van der Waals surface area contributed by atoms with Gasteiger partial charge in [0, 0.05) is 76.5 Å². The average Bonchev–Trinajstić information content (AvgIpc) is 1.67. The van der Waals surface area contributed by atoms with Crippen LogP contribution in [-0.2, 0) is 109 Å². The molecule has 1 fully saturated rings. The number of anilines is 2. The Morgan fingerprint density at radius 1 is 0.750 bits per heavy atom. The Morgan fingerprint density at radius 2 is 1.45 bits per heavy atom. The number of H-pyrrole nitrogens is 1. The zero-order chi connectivity index (χ0) is 73.4. The topological polar surface area (TPSA) is 440 Å². The maximum atomic E-state index is 13.7. The van der Waals surface area contributed by atoms with Gasteiger partial charge < -0.3 is 25.0 Å².